The van der Waals surface area contributed by atoms with E-state index in [2.05, 4.69) is 24.1 Å². The van der Waals surface area contributed by atoms with Crippen molar-refractivity contribution in [1.82, 2.24) is 10.3 Å². The second kappa shape index (κ2) is 6.16. The average Bonchev–Trinajstić information content (AvgIpc) is 2.57. The fraction of sp³-hybridized carbons (Fsp3) is 0.727. The summed E-state index contributed by atoms with van der Waals surface area (Å²) in [6, 6.07) is 0. The van der Waals surface area contributed by atoms with Gasteiger partial charge in [-0.05, 0) is 12.5 Å². The third kappa shape index (κ3) is 6.43. The summed E-state index contributed by atoms with van der Waals surface area (Å²) in [4.78, 5) is 4.05. The van der Waals surface area contributed by atoms with Crippen LogP contribution in [0.4, 0.5) is 0 Å². The van der Waals surface area contributed by atoms with Crippen LogP contribution >= 0.6 is 0 Å². The molecule has 0 amide bonds. The molecule has 1 aromatic rings. The van der Waals surface area contributed by atoms with Crippen molar-refractivity contribution in [2.45, 2.75) is 26.0 Å². The Balaban J connectivity index is 2.36. The van der Waals surface area contributed by atoms with Crippen LogP contribution in [0.15, 0.2) is 10.6 Å². The molecule has 5 nitrogen and oxygen atoms in total. The summed E-state index contributed by atoms with van der Waals surface area (Å²) in [5.41, 5.74) is 0. The first kappa shape index (κ1) is 14.2. The number of rotatable bonds is 7. The predicted octanol–water partition coefficient (Wildman–Crippen LogP) is 1.01. The van der Waals surface area contributed by atoms with Crippen molar-refractivity contribution in [2.75, 3.05) is 19.3 Å². The average molecular weight is 260 g/mol. The summed E-state index contributed by atoms with van der Waals surface area (Å²) in [6.07, 6.45) is 3.34. The van der Waals surface area contributed by atoms with Crippen LogP contribution < -0.4 is 5.32 Å². The van der Waals surface area contributed by atoms with Gasteiger partial charge in [-0.25, -0.2) is 13.4 Å². The molecule has 1 aromatic heterocycles. The van der Waals surface area contributed by atoms with Gasteiger partial charge in [-0.2, -0.15) is 0 Å². The van der Waals surface area contributed by atoms with Gasteiger partial charge in [0.05, 0.1) is 6.20 Å². The number of hydrogen-bond donors (Lipinski definition) is 1. The maximum atomic E-state index is 11.0. The van der Waals surface area contributed by atoms with E-state index in [-0.39, 0.29) is 5.75 Å². The van der Waals surface area contributed by atoms with Gasteiger partial charge in [0.15, 0.2) is 15.7 Å². The summed E-state index contributed by atoms with van der Waals surface area (Å²) in [6.45, 7) is 6.03. The largest absolute Gasteiger partial charge is 0.445 e. The molecule has 0 aliphatic carbocycles. The van der Waals surface area contributed by atoms with E-state index in [4.69, 9.17) is 4.42 Å². The Morgan fingerprint density at radius 3 is 2.76 bits per heavy atom. The van der Waals surface area contributed by atoms with Gasteiger partial charge in [-0.15, -0.1) is 0 Å². The molecule has 98 valence electrons. The molecule has 1 heterocycles. The van der Waals surface area contributed by atoms with Crippen molar-refractivity contribution in [3.8, 4) is 0 Å². The highest BCUT2D eigenvalue weighted by Crippen LogP contribution is 2.07. The van der Waals surface area contributed by atoms with E-state index in [0.29, 0.717) is 24.0 Å². The highest BCUT2D eigenvalue weighted by Gasteiger charge is 2.10. The number of nitrogens with zero attached hydrogens (tertiary/aromatic N) is 1. The summed E-state index contributed by atoms with van der Waals surface area (Å²) < 4.78 is 27.4. The molecule has 0 saturated carbocycles. The molecule has 0 bridgehead atoms. The minimum absolute atomic E-state index is 0.0839. The van der Waals surface area contributed by atoms with E-state index in [0.717, 1.165) is 13.1 Å². The Bertz CT molecular complexity index is 437. The lowest BCUT2D eigenvalue weighted by molar-refractivity contribution is 0.452. The van der Waals surface area contributed by atoms with Gasteiger partial charge in [-0.3, -0.25) is 0 Å². The quantitative estimate of drug-likeness (QED) is 0.741. The van der Waals surface area contributed by atoms with Crippen LogP contribution in [0.1, 0.15) is 25.5 Å². The van der Waals surface area contributed by atoms with Crippen molar-refractivity contribution < 1.29 is 12.8 Å². The van der Waals surface area contributed by atoms with Crippen LogP contribution in [0.2, 0.25) is 0 Å². The molecule has 0 radical (unpaired) electrons. The molecule has 0 fully saturated rings. The second-order valence-electron chi connectivity index (χ2n) is 4.64. The summed E-state index contributed by atoms with van der Waals surface area (Å²) >= 11 is 0. The molecule has 6 heteroatoms. The maximum absolute atomic E-state index is 11.0. The molecule has 0 spiro atoms. The standard InChI is InChI=1S/C11H20N2O3S/c1-9(2)6-12-5-4-11-13-7-10(16-11)8-17(3,14)15/h7,9,12H,4-6,8H2,1-3H3. The first-order valence-corrected chi connectivity index (χ1v) is 7.75. The number of sulfone groups is 1. The summed E-state index contributed by atoms with van der Waals surface area (Å²) in [7, 11) is -3.05. The first-order valence-electron chi connectivity index (χ1n) is 5.69. The van der Waals surface area contributed by atoms with E-state index in [1.165, 1.54) is 12.5 Å². The fourth-order valence-electron chi connectivity index (χ4n) is 1.37. The van der Waals surface area contributed by atoms with Gasteiger partial charge < -0.3 is 9.73 Å². The van der Waals surface area contributed by atoms with E-state index in [1.54, 1.807) is 0 Å². The van der Waals surface area contributed by atoms with E-state index < -0.39 is 9.84 Å². The van der Waals surface area contributed by atoms with Gasteiger partial charge in [0, 0.05) is 19.2 Å². The highest BCUT2D eigenvalue weighted by atomic mass is 32.2. The van der Waals surface area contributed by atoms with Crippen LogP contribution in [-0.4, -0.2) is 32.7 Å². The second-order valence-corrected chi connectivity index (χ2v) is 6.78. The predicted molar refractivity (Wildman–Crippen MR) is 66.5 cm³/mol. The van der Waals surface area contributed by atoms with Crippen LogP contribution in [-0.2, 0) is 22.0 Å². The molecular weight excluding hydrogens is 240 g/mol. The zero-order valence-corrected chi connectivity index (χ0v) is 11.4. The zero-order chi connectivity index (χ0) is 12.9. The van der Waals surface area contributed by atoms with Crippen molar-refractivity contribution in [1.29, 1.82) is 0 Å². The first-order chi connectivity index (χ1) is 7.87. The Hall–Kier alpha value is -0.880. The van der Waals surface area contributed by atoms with Crippen molar-refractivity contribution in [3.63, 3.8) is 0 Å². The molecule has 0 atom stereocenters. The Kier molecular flexibility index (Phi) is 5.14. The van der Waals surface area contributed by atoms with Crippen molar-refractivity contribution >= 4 is 9.84 Å². The molecule has 0 aliphatic heterocycles. The molecule has 1 rings (SSSR count). The fourth-order valence-corrected chi connectivity index (χ4v) is 2.03. The molecule has 0 saturated heterocycles. The number of hydrogen-bond acceptors (Lipinski definition) is 5. The van der Waals surface area contributed by atoms with Gasteiger partial charge >= 0.3 is 0 Å². The minimum atomic E-state index is -3.05. The Morgan fingerprint density at radius 1 is 1.47 bits per heavy atom. The lowest BCUT2D eigenvalue weighted by Gasteiger charge is -2.05. The van der Waals surface area contributed by atoms with Gasteiger partial charge in [0.1, 0.15) is 11.5 Å². The lowest BCUT2D eigenvalue weighted by atomic mass is 10.2. The lowest BCUT2D eigenvalue weighted by Crippen LogP contribution is -2.22. The third-order valence-corrected chi connectivity index (χ3v) is 2.88. The van der Waals surface area contributed by atoms with Gasteiger partial charge in [-0.1, -0.05) is 13.8 Å². The van der Waals surface area contributed by atoms with Crippen molar-refractivity contribution in [3.05, 3.63) is 17.8 Å². The number of nitrogens with one attached hydrogen (secondary N) is 1. The topological polar surface area (TPSA) is 72.2 Å². The van der Waals surface area contributed by atoms with Crippen LogP contribution in [0.3, 0.4) is 0 Å². The van der Waals surface area contributed by atoms with Crippen LogP contribution in [0.25, 0.3) is 0 Å². The van der Waals surface area contributed by atoms with Crippen LogP contribution in [0, 0.1) is 5.92 Å². The van der Waals surface area contributed by atoms with E-state index in [9.17, 15) is 8.42 Å². The molecule has 0 unspecified atom stereocenters. The third-order valence-electron chi connectivity index (χ3n) is 2.07. The molecular formula is C11H20N2O3S. The summed E-state index contributed by atoms with van der Waals surface area (Å²) in [5.74, 6) is 1.52. The molecule has 0 aromatic carbocycles. The molecule has 1 N–H and O–H groups in total. The monoisotopic (exact) mass is 260 g/mol. The molecule has 17 heavy (non-hydrogen) atoms. The smallest absolute Gasteiger partial charge is 0.195 e. The molecule has 0 aliphatic rings. The maximum Gasteiger partial charge on any atom is 0.195 e. The SMILES string of the molecule is CC(C)CNCCc1ncc(CS(C)(=O)=O)o1. The van der Waals surface area contributed by atoms with Gasteiger partial charge in [0.25, 0.3) is 0 Å². The normalized spacial score (nSPS) is 12.2. The zero-order valence-electron chi connectivity index (χ0n) is 10.6. The minimum Gasteiger partial charge on any atom is -0.445 e. The number of aromatic nitrogens is 1. The van der Waals surface area contributed by atoms with Crippen LogP contribution in [0.5, 0.6) is 0 Å². The van der Waals surface area contributed by atoms with E-state index >= 15 is 0 Å². The number of oxazole rings is 1. The van der Waals surface area contributed by atoms with Gasteiger partial charge in [0.2, 0.25) is 0 Å². The Labute approximate surface area is 103 Å². The van der Waals surface area contributed by atoms with Crippen molar-refractivity contribution in [2.24, 2.45) is 5.92 Å². The van der Waals surface area contributed by atoms with E-state index in [1.807, 2.05) is 0 Å². The Morgan fingerprint density at radius 2 is 2.18 bits per heavy atom. The highest BCUT2D eigenvalue weighted by molar-refractivity contribution is 7.89. The summed E-state index contributed by atoms with van der Waals surface area (Å²) in [5, 5.41) is 3.27.